The quantitative estimate of drug-likeness (QED) is 0.215. The Bertz CT molecular complexity index is 188. The Balaban J connectivity index is 3.75. The number of hydrazone groups is 1. The van der Waals surface area contributed by atoms with Gasteiger partial charge in [0.2, 0.25) is 0 Å². The molecule has 0 aromatic heterocycles. The molecule has 0 unspecified atom stereocenters. The molecule has 0 aliphatic rings. The van der Waals surface area contributed by atoms with Crippen molar-refractivity contribution in [2.75, 3.05) is 0 Å². The minimum atomic E-state index is -0.767. The zero-order valence-corrected chi connectivity index (χ0v) is 12.7. The number of hydrogen-bond acceptors (Lipinski definition) is 3. The first-order valence-electron chi connectivity index (χ1n) is 5.84. The van der Waals surface area contributed by atoms with Gasteiger partial charge >= 0.3 is 0 Å². The van der Waals surface area contributed by atoms with E-state index in [1.165, 1.54) is 0 Å². The minimum absolute atomic E-state index is 0.690. The first-order chi connectivity index (χ1) is 7.09. The van der Waals surface area contributed by atoms with Crippen LogP contribution in [0.25, 0.3) is 0 Å². The van der Waals surface area contributed by atoms with Gasteiger partial charge in [-0.15, -0.1) is 0 Å². The molecular weight excluding hydrogens is 220 g/mol. The van der Waals surface area contributed by atoms with E-state index in [1.807, 2.05) is 6.21 Å². The lowest BCUT2D eigenvalue weighted by atomic mass is 10.2. The van der Waals surface area contributed by atoms with E-state index < -0.39 is 17.9 Å². The zero-order chi connectivity index (χ0) is 11.7. The van der Waals surface area contributed by atoms with Gasteiger partial charge in [-0.05, 0) is 19.3 Å². The summed E-state index contributed by atoms with van der Waals surface area (Å²) < 4.78 is 2.37. The number of aldehydes is 1. The Hall–Kier alpha value is -0.426. The van der Waals surface area contributed by atoms with E-state index in [9.17, 15) is 4.79 Å². The molecule has 0 aliphatic carbocycles. The van der Waals surface area contributed by atoms with Gasteiger partial charge in [-0.1, -0.05) is 26.2 Å². The predicted octanol–water partition coefficient (Wildman–Crippen LogP) is 2.00. The summed E-state index contributed by atoms with van der Waals surface area (Å²) in [7, 11) is -1.53. The van der Waals surface area contributed by atoms with E-state index in [4.69, 9.17) is 0 Å². The van der Waals surface area contributed by atoms with Gasteiger partial charge in [0.05, 0.1) is 0 Å². The monoisotopic (exact) mass is 244 g/mol. The first-order valence-corrected chi connectivity index (χ1v) is 11.5. The van der Waals surface area contributed by atoms with Crippen molar-refractivity contribution in [3.63, 3.8) is 0 Å². The number of hydrogen-bond donors (Lipinski definition) is 0. The molecule has 0 bridgehead atoms. The Morgan fingerprint density at radius 3 is 2.07 bits per heavy atom. The summed E-state index contributed by atoms with van der Waals surface area (Å²) in [5.41, 5.74) is 0. The predicted molar refractivity (Wildman–Crippen MR) is 72.6 cm³/mol. The molecule has 0 rings (SSSR count). The maximum atomic E-state index is 10.1. The van der Waals surface area contributed by atoms with Gasteiger partial charge in [-0.3, -0.25) is 0 Å². The van der Waals surface area contributed by atoms with E-state index in [-0.39, 0.29) is 0 Å². The van der Waals surface area contributed by atoms with E-state index in [2.05, 4.69) is 35.6 Å². The minimum Gasteiger partial charge on any atom is -0.355 e. The SMILES string of the molecule is C[SiH](C)N(N=CCCCCC=O)[SiH](C)C. The van der Waals surface area contributed by atoms with Gasteiger partial charge in [0, 0.05) is 12.6 Å². The lowest BCUT2D eigenvalue weighted by Crippen LogP contribution is -2.38. The van der Waals surface area contributed by atoms with Gasteiger partial charge in [0.15, 0.2) is 0 Å². The molecule has 3 nitrogen and oxygen atoms in total. The number of carbonyl (C=O) groups excluding carboxylic acids is 1. The second-order valence-corrected chi connectivity index (χ2v) is 10.3. The largest absolute Gasteiger partial charge is 0.355 e. The smallest absolute Gasteiger partial charge is 0.144 e. The third kappa shape index (κ3) is 7.50. The van der Waals surface area contributed by atoms with Crippen molar-refractivity contribution in [1.29, 1.82) is 0 Å². The van der Waals surface area contributed by atoms with Crippen LogP contribution in [0.4, 0.5) is 0 Å². The van der Waals surface area contributed by atoms with Crippen LogP contribution in [0.5, 0.6) is 0 Å². The zero-order valence-electron chi connectivity index (χ0n) is 10.4. The Labute approximate surface area is 96.9 Å². The highest BCUT2D eigenvalue weighted by molar-refractivity contribution is 6.69. The highest BCUT2D eigenvalue weighted by Crippen LogP contribution is 2.01. The fourth-order valence-corrected chi connectivity index (χ4v) is 6.97. The number of carbonyl (C=O) groups is 1. The summed E-state index contributed by atoms with van der Waals surface area (Å²) in [6.07, 6.45) is 6.79. The molecule has 5 heteroatoms. The lowest BCUT2D eigenvalue weighted by molar-refractivity contribution is -0.107. The molecular formula is C10H24N2OSi2. The molecule has 0 atom stereocenters. The Morgan fingerprint density at radius 2 is 1.60 bits per heavy atom. The van der Waals surface area contributed by atoms with Gasteiger partial charge in [0.25, 0.3) is 0 Å². The van der Waals surface area contributed by atoms with Crippen LogP contribution in [-0.2, 0) is 4.79 Å². The standard InChI is InChI=1S/C10H24N2OSi2/c1-14(2)12(15(3)4)11-9-7-5-6-8-10-13/h9-10,14-15H,5-8H2,1-4H3. The molecule has 0 saturated carbocycles. The lowest BCUT2D eigenvalue weighted by Gasteiger charge is -2.26. The van der Waals surface area contributed by atoms with E-state index in [0.717, 1.165) is 25.5 Å². The summed E-state index contributed by atoms with van der Waals surface area (Å²) in [6.45, 7) is 9.26. The molecule has 0 heterocycles. The summed E-state index contributed by atoms with van der Waals surface area (Å²) in [4.78, 5) is 10.1. The van der Waals surface area contributed by atoms with E-state index >= 15 is 0 Å². The molecule has 0 radical (unpaired) electrons. The fourth-order valence-electron chi connectivity index (χ4n) is 1.48. The van der Waals surface area contributed by atoms with Crippen molar-refractivity contribution in [3.05, 3.63) is 0 Å². The normalized spacial score (nSPS) is 11.6. The van der Waals surface area contributed by atoms with Crippen LogP contribution in [0.15, 0.2) is 5.10 Å². The third-order valence-electron chi connectivity index (χ3n) is 2.18. The van der Waals surface area contributed by atoms with Crippen LogP contribution in [-0.4, -0.2) is 34.8 Å². The van der Waals surface area contributed by atoms with Crippen molar-refractivity contribution < 1.29 is 4.79 Å². The molecule has 0 aliphatic heterocycles. The third-order valence-corrected chi connectivity index (χ3v) is 8.14. The van der Waals surface area contributed by atoms with Crippen molar-refractivity contribution >= 4 is 30.4 Å². The molecule has 0 saturated heterocycles. The molecule has 15 heavy (non-hydrogen) atoms. The first kappa shape index (κ1) is 14.6. The van der Waals surface area contributed by atoms with Gasteiger partial charge in [-0.2, -0.15) is 0 Å². The van der Waals surface area contributed by atoms with Crippen LogP contribution in [0.2, 0.25) is 26.2 Å². The molecule has 0 aromatic rings. The molecule has 88 valence electrons. The highest BCUT2D eigenvalue weighted by atomic mass is 28.3. The molecule has 0 N–H and O–H groups in total. The van der Waals surface area contributed by atoms with Gasteiger partial charge in [-0.25, -0.2) is 5.10 Å². The van der Waals surface area contributed by atoms with Crippen molar-refractivity contribution in [1.82, 2.24) is 4.34 Å². The molecule has 0 fully saturated rings. The molecule has 0 spiro atoms. The van der Waals surface area contributed by atoms with Crippen LogP contribution >= 0.6 is 0 Å². The second-order valence-electron chi connectivity index (χ2n) is 4.32. The highest BCUT2D eigenvalue weighted by Gasteiger charge is 2.11. The Kier molecular flexibility index (Phi) is 8.60. The second kappa shape index (κ2) is 8.85. The van der Waals surface area contributed by atoms with Crippen molar-refractivity contribution in [2.24, 2.45) is 5.10 Å². The maximum absolute atomic E-state index is 10.1. The van der Waals surface area contributed by atoms with Gasteiger partial charge < -0.3 is 9.13 Å². The van der Waals surface area contributed by atoms with Crippen LogP contribution in [0.1, 0.15) is 25.7 Å². The van der Waals surface area contributed by atoms with E-state index in [1.54, 1.807) is 0 Å². The summed E-state index contributed by atoms with van der Waals surface area (Å²) >= 11 is 0. The van der Waals surface area contributed by atoms with Crippen LogP contribution < -0.4 is 0 Å². The van der Waals surface area contributed by atoms with Crippen LogP contribution in [0, 0.1) is 0 Å². The van der Waals surface area contributed by atoms with Crippen molar-refractivity contribution in [3.8, 4) is 0 Å². The van der Waals surface area contributed by atoms with Crippen molar-refractivity contribution in [2.45, 2.75) is 51.9 Å². The average Bonchev–Trinajstić information content (AvgIpc) is 2.15. The van der Waals surface area contributed by atoms with E-state index in [0.29, 0.717) is 6.42 Å². The molecule has 0 aromatic carbocycles. The summed E-state index contributed by atoms with van der Waals surface area (Å²) in [5, 5.41) is 4.56. The number of rotatable bonds is 8. The summed E-state index contributed by atoms with van der Waals surface area (Å²) in [6, 6.07) is 0. The average molecular weight is 244 g/mol. The fraction of sp³-hybridized carbons (Fsp3) is 0.800. The number of nitrogens with zero attached hydrogens (tertiary/aromatic N) is 2. The topological polar surface area (TPSA) is 32.7 Å². The maximum Gasteiger partial charge on any atom is 0.144 e. The van der Waals surface area contributed by atoms with Gasteiger partial charge in [0.1, 0.15) is 24.2 Å². The molecule has 0 amide bonds. The summed E-state index contributed by atoms with van der Waals surface area (Å²) in [5.74, 6) is 0. The van der Waals surface area contributed by atoms with Crippen LogP contribution in [0.3, 0.4) is 0 Å². The Morgan fingerprint density at radius 1 is 1.07 bits per heavy atom. The number of unbranched alkanes of at least 4 members (excludes halogenated alkanes) is 3.